The van der Waals surface area contributed by atoms with Crippen LogP contribution < -0.4 is 9.47 Å². The van der Waals surface area contributed by atoms with Gasteiger partial charge in [0.1, 0.15) is 11.5 Å². The van der Waals surface area contributed by atoms with Gasteiger partial charge in [-0.15, -0.1) is 0 Å². The van der Waals surface area contributed by atoms with Crippen molar-refractivity contribution in [1.29, 1.82) is 5.26 Å². The van der Waals surface area contributed by atoms with Gasteiger partial charge in [-0.3, -0.25) is 0 Å². The third kappa shape index (κ3) is 4.83. The van der Waals surface area contributed by atoms with E-state index in [-0.39, 0.29) is 6.61 Å². The highest BCUT2D eigenvalue weighted by atomic mass is 16.5. The van der Waals surface area contributed by atoms with Crippen molar-refractivity contribution in [3.63, 3.8) is 0 Å². The van der Waals surface area contributed by atoms with Gasteiger partial charge >= 0.3 is 0 Å². The van der Waals surface area contributed by atoms with Crippen LogP contribution >= 0.6 is 0 Å². The second kappa shape index (κ2) is 7.93. The second-order valence-electron chi connectivity index (χ2n) is 4.49. The molecule has 2 aromatic rings. The molecule has 108 valence electrons. The van der Waals surface area contributed by atoms with Gasteiger partial charge in [0.2, 0.25) is 0 Å². The summed E-state index contributed by atoms with van der Waals surface area (Å²) in [6, 6.07) is 16.4. The Morgan fingerprint density at radius 3 is 1.86 bits per heavy atom. The molecule has 0 radical (unpaired) electrons. The van der Waals surface area contributed by atoms with Crippen molar-refractivity contribution in [1.82, 2.24) is 0 Å². The molecule has 0 bridgehead atoms. The fourth-order valence-electron chi connectivity index (χ4n) is 1.76. The molecule has 0 heterocycles. The van der Waals surface area contributed by atoms with Gasteiger partial charge < -0.3 is 14.6 Å². The van der Waals surface area contributed by atoms with Crippen LogP contribution in [-0.4, -0.2) is 18.3 Å². The summed E-state index contributed by atoms with van der Waals surface area (Å²) in [7, 11) is 0. The van der Waals surface area contributed by atoms with Crippen molar-refractivity contribution in [2.24, 2.45) is 0 Å². The Labute approximate surface area is 124 Å². The smallest absolute Gasteiger partial charge is 0.119 e. The molecule has 4 heteroatoms. The topological polar surface area (TPSA) is 62.5 Å². The number of ether oxygens (including phenoxy) is 2. The Balaban J connectivity index is 1.66. The summed E-state index contributed by atoms with van der Waals surface area (Å²) in [6.45, 7) is 1.16. The van der Waals surface area contributed by atoms with Crippen LogP contribution in [0.3, 0.4) is 0 Å². The number of aliphatic hydroxyl groups excluding tert-OH is 1. The van der Waals surface area contributed by atoms with Crippen LogP contribution in [-0.2, 0) is 6.61 Å². The summed E-state index contributed by atoms with van der Waals surface area (Å²) in [6.07, 6.45) is 0.766. The lowest BCUT2D eigenvalue weighted by molar-refractivity contribution is 0.247. The normalized spacial score (nSPS) is 9.90. The van der Waals surface area contributed by atoms with Crippen molar-refractivity contribution in [2.75, 3.05) is 13.2 Å². The van der Waals surface area contributed by atoms with E-state index in [0.717, 1.165) is 23.5 Å². The SMILES string of the molecule is N#Cc1ccc(OCCCOc2ccc(CO)cc2)cc1. The highest BCUT2D eigenvalue weighted by molar-refractivity contribution is 5.34. The molecular weight excluding hydrogens is 266 g/mol. The van der Waals surface area contributed by atoms with E-state index in [1.54, 1.807) is 24.3 Å². The molecule has 2 rings (SSSR count). The summed E-state index contributed by atoms with van der Waals surface area (Å²) < 4.78 is 11.1. The molecule has 21 heavy (non-hydrogen) atoms. The number of benzene rings is 2. The van der Waals surface area contributed by atoms with E-state index in [1.165, 1.54) is 0 Å². The van der Waals surface area contributed by atoms with Gasteiger partial charge in [0.15, 0.2) is 0 Å². The zero-order valence-corrected chi connectivity index (χ0v) is 11.7. The fourth-order valence-corrected chi connectivity index (χ4v) is 1.76. The molecule has 4 nitrogen and oxygen atoms in total. The van der Waals surface area contributed by atoms with E-state index in [0.29, 0.717) is 18.8 Å². The molecule has 0 saturated heterocycles. The van der Waals surface area contributed by atoms with Gasteiger partial charge in [0, 0.05) is 6.42 Å². The monoisotopic (exact) mass is 283 g/mol. The minimum Gasteiger partial charge on any atom is -0.493 e. The molecule has 0 fully saturated rings. The maximum atomic E-state index is 8.94. The minimum atomic E-state index is 0.0404. The first-order valence-corrected chi connectivity index (χ1v) is 6.77. The maximum absolute atomic E-state index is 8.94. The van der Waals surface area contributed by atoms with Gasteiger partial charge in [0.05, 0.1) is 31.5 Å². The van der Waals surface area contributed by atoms with E-state index in [1.807, 2.05) is 24.3 Å². The Morgan fingerprint density at radius 2 is 1.38 bits per heavy atom. The van der Waals surface area contributed by atoms with Crippen LogP contribution in [0.5, 0.6) is 11.5 Å². The number of hydrogen-bond acceptors (Lipinski definition) is 4. The highest BCUT2D eigenvalue weighted by Gasteiger charge is 1.97. The molecule has 0 aromatic heterocycles. The molecule has 0 aliphatic heterocycles. The third-order valence-electron chi connectivity index (χ3n) is 2.92. The number of rotatable bonds is 7. The van der Waals surface area contributed by atoms with Gasteiger partial charge in [0.25, 0.3) is 0 Å². The molecule has 0 aliphatic rings. The van der Waals surface area contributed by atoms with Crippen LogP contribution in [0, 0.1) is 11.3 Å². The zero-order valence-electron chi connectivity index (χ0n) is 11.7. The quantitative estimate of drug-likeness (QED) is 0.794. The first-order chi connectivity index (χ1) is 10.3. The molecule has 0 aliphatic carbocycles. The molecule has 0 unspecified atom stereocenters. The van der Waals surface area contributed by atoms with Crippen LogP contribution in [0.15, 0.2) is 48.5 Å². The van der Waals surface area contributed by atoms with Crippen molar-refractivity contribution >= 4 is 0 Å². The largest absolute Gasteiger partial charge is 0.493 e. The van der Waals surface area contributed by atoms with Gasteiger partial charge in [-0.25, -0.2) is 0 Å². The van der Waals surface area contributed by atoms with E-state index >= 15 is 0 Å². The molecule has 1 N–H and O–H groups in total. The molecule has 2 aromatic carbocycles. The molecule has 0 amide bonds. The predicted molar refractivity (Wildman–Crippen MR) is 79.1 cm³/mol. The van der Waals surface area contributed by atoms with Crippen molar-refractivity contribution in [3.05, 3.63) is 59.7 Å². The van der Waals surface area contributed by atoms with Crippen LogP contribution in [0.1, 0.15) is 17.5 Å². The summed E-state index contributed by atoms with van der Waals surface area (Å²) in [5, 5.41) is 17.6. The number of nitrogens with zero attached hydrogens (tertiary/aromatic N) is 1. The number of aliphatic hydroxyl groups is 1. The van der Waals surface area contributed by atoms with Crippen molar-refractivity contribution in [3.8, 4) is 17.6 Å². The standard InChI is InChI=1S/C17H17NO3/c18-12-14-2-6-16(7-3-14)20-10-1-11-21-17-8-4-15(13-19)5-9-17/h2-9,19H,1,10-11,13H2. The molecular formula is C17H17NO3. The maximum Gasteiger partial charge on any atom is 0.119 e. The van der Waals surface area contributed by atoms with Crippen LogP contribution in [0.4, 0.5) is 0 Å². The number of nitriles is 1. The predicted octanol–water partition coefficient (Wildman–Crippen LogP) is 2.90. The molecule has 0 spiro atoms. The lowest BCUT2D eigenvalue weighted by Gasteiger charge is -2.08. The summed E-state index contributed by atoms with van der Waals surface area (Å²) in [5.74, 6) is 1.53. The Morgan fingerprint density at radius 1 is 0.857 bits per heavy atom. The van der Waals surface area contributed by atoms with Crippen LogP contribution in [0.2, 0.25) is 0 Å². The summed E-state index contributed by atoms with van der Waals surface area (Å²) >= 11 is 0. The first kappa shape index (κ1) is 14.9. The van der Waals surface area contributed by atoms with Gasteiger partial charge in [-0.05, 0) is 42.0 Å². The van der Waals surface area contributed by atoms with Crippen molar-refractivity contribution in [2.45, 2.75) is 13.0 Å². The van der Waals surface area contributed by atoms with E-state index in [9.17, 15) is 0 Å². The average molecular weight is 283 g/mol. The van der Waals surface area contributed by atoms with Crippen LogP contribution in [0.25, 0.3) is 0 Å². The highest BCUT2D eigenvalue weighted by Crippen LogP contribution is 2.13. The van der Waals surface area contributed by atoms with Gasteiger partial charge in [-0.1, -0.05) is 12.1 Å². The Bertz CT molecular complexity index is 585. The lowest BCUT2D eigenvalue weighted by Crippen LogP contribution is -2.05. The molecule has 0 atom stereocenters. The first-order valence-electron chi connectivity index (χ1n) is 6.77. The zero-order chi connectivity index (χ0) is 14.9. The van der Waals surface area contributed by atoms with Crippen molar-refractivity contribution < 1.29 is 14.6 Å². The lowest BCUT2D eigenvalue weighted by atomic mass is 10.2. The van der Waals surface area contributed by atoms with E-state index in [4.69, 9.17) is 19.8 Å². The average Bonchev–Trinajstić information content (AvgIpc) is 2.55. The molecule has 0 saturated carbocycles. The Kier molecular flexibility index (Phi) is 5.62. The number of hydrogen-bond donors (Lipinski definition) is 1. The fraction of sp³-hybridized carbons (Fsp3) is 0.235. The van der Waals surface area contributed by atoms with E-state index in [2.05, 4.69) is 6.07 Å². The van der Waals surface area contributed by atoms with Gasteiger partial charge in [-0.2, -0.15) is 5.26 Å². The third-order valence-corrected chi connectivity index (χ3v) is 2.92. The Hall–Kier alpha value is -2.51. The summed E-state index contributed by atoms with van der Waals surface area (Å²) in [5.41, 5.74) is 1.49. The minimum absolute atomic E-state index is 0.0404. The summed E-state index contributed by atoms with van der Waals surface area (Å²) in [4.78, 5) is 0. The van der Waals surface area contributed by atoms with E-state index < -0.39 is 0 Å². The second-order valence-corrected chi connectivity index (χ2v) is 4.49.